The second-order valence-corrected chi connectivity index (χ2v) is 7.47. The van der Waals surface area contributed by atoms with Crippen LogP contribution < -0.4 is 10.4 Å². The molecule has 2 amide bonds. The number of nitrogens with one attached hydrogen (secondary N) is 1. The number of rotatable bonds is 4. The van der Waals surface area contributed by atoms with E-state index in [-0.39, 0.29) is 11.8 Å². The van der Waals surface area contributed by atoms with Gasteiger partial charge in [0.05, 0.1) is 19.1 Å². The fourth-order valence-corrected chi connectivity index (χ4v) is 3.70. The van der Waals surface area contributed by atoms with Gasteiger partial charge in [0, 0.05) is 36.2 Å². The highest BCUT2D eigenvalue weighted by atomic mass is 16.5. The van der Waals surface area contributed by atoms with E-state index in [1.54, 1.807) is 29.2 Å². The number of carboxylic acid groups (broad SMARTS) is 1. The maximum atomic E-state index is 12.7. The van der Waals surface area contributed by atoms with Crippen LogP contribution in [0.4, 0.5) is 5.69 Å². The number of carboxylic acids is 1. The molecular weight excluding hydrogens is 360 g/mol. The Morgan fingerprint density at radius 2 is 1.57 bits per heavy atom. The monoisotopic (exact) mass is 385 g/mol. The van der Waals surface area contributed by atoms with Crippen LogP contribution in [0.2, 0.25) is 0 Å². The number of amides is 2. The lowest BCUT2D eigenvalue weighted by Crippen LogP contribution is -2.42. The largest absolute Gasteiger partial charge is 0.550 e. The zero-order valence-electron chi connectivity index (χ0n) is 16.2. The quantitative estimate of drug-likeness (QED) is 0.786. The molecule has 1 saturated heterocycles. The molecule has 150 valence electrons. The van der Waals surface area contributed by atoms with Gasteiger partial charge >= 0.3 is 0 Å². The predicted octanol–water partition coefficient (Wildman–Crippen LogP) is 1.21. The smallest absolute Gasteiger partial charge is 0.254 e. The van der Waals surface area contributed by atoms with Crippen molar-refractivity contribution in [1.82, 2.24) is 4.90 Å². The Labute approximate surface area is 164 Å². The Balaban J connectivity index is 1.67. The molecule has 3 rings (SSSR count). The van der Waals surface area contributed by atoms with Crippen molar-refractivity contribution < 1.29 is 24.2 Å². The van der Waals surface area contributed by atoms with Crippen LogP contribution in [0.1, 0.15) is 37.0 Å². The second-order valence-electron chi connectivity index (χ2n) is 7.47. The number of benzene rings is 1. The van der Waals surface area contributed by atoms with Crippen molar-refractivity contribution in [3.63, 3.8) is 0 Å². The number of morpholine rings is 1. The summed E-state index contributed by atoms with van der Waals surface area (Å²) < 4.78 is 5.25. The summed E-state index contributed by atoms with van der Waals surface area (Å²) >= 11 is 0. The molecule has 0 aromatic heterocycles. The van der Waals surface area contributed by atoms with Crippen LogP contribution in [-0.4, -0.2) is 49.0 Å². The van der Waals surface area contributed by atoms with E-state index in [2.05, 4.69) is 5.32 Å². The van der Waals surface area contributed by atoms with Crippen molar-refractivity contribution in [3.8, 4) is 0 Å². The molecule has 7 nitrogen and oxygen atoms in total. The maximum Gasteiger partial charge on any atom is 0.254 e. The van der Waals surface area contributed by atoms with E-state index < -0.39 is 17.8 Å². The van der Waals surface area contributed by atoms with Gasteiger partial charge in [0.15, 0.2) is 0 Å². The number of hydrogen-bond donors (Lipinski definition) is 1. The van der Waals surface area contributed by atoms with Crippen LogP contribution in [0.3, 0.4) is 0 Å². The highest BCUT2D eigenvalue weighted by molar-refractivity contribution is 5.97. The van der Waals surface area contributed by atoms with Gasteiger partial charge in [0.1, 0.15) is 0 Å². The van der Waals surface area contributed by atoms with Crippen LogP contribution >= 0.6 is 0 Å². The minimum absolute atomic E-state index is 0.0679. The summed E-state index contributed by atoms with van der Waals surface area (Å²) in [5, 5.41) is 14.3. The fraction of sp³-hybridized carbons (Fsp3) is 0.476. The third-order valence-corrected chi connectivity index (χ3v) is 5.60. The molecule has 2 atom stereocenters. The summed E-state index contributed by atoms with van der Waals surface area (Å²) in [6, 6.07) is 6.66. The highest BCUT2D eigenvalue weighted by Gasteiger charge is 2.33. The number of hydrogen-bond acceptors (Lipinski definition) is 5. The SMILES string of the molecule is CC1=C(C)C[C@@H](C(=O)Nc2ccc(C(=O)N3CCOCC3)cc2)[C@@H](C(=O)[O-])C1. The number of carbonyl (C=O) groups is 3. The minimum Gasteiger partial charge on any atom is -0.550 e. The molecule has 1 aliphatic carbocycles. The molecule has 1 N–H and O–H groups in total. The Hall–Kier alpha value is -2.67. The number of anilines is 1. The molecule has 0 saturated carbocycles. The molecule has 0 bridgehead atoms. The number of ether oxygens (including phenoxy) is 1. The molecule has 1 aromatic carbocycles. The number of carbonyl (C=O) groups excluding carboxylic acids is 3. The van der Waals surface area contributed by atoms with E-state index in [9.17, 15) is 19.5 Å². The molecule has 1 fully saturated rings. The molecule has 1 aromatic rings. The van der Waals surface area contributed by atoms with Crippen LogP contribution in [-0.2, 0) is 14.3 Å². The van der Waals surface area contributed by atoms with E-state index in [0.717, 1.165) is 11.1 Å². The summed E-state index contributed by atoms with van der Waals surface area (Å²) in [6.07, 6.45) is 0.739. The van der Waals surface area contributed by atoms with Gasteiger partial charge in [-0.1, -0.05) is 11.1 Å². The minimum atomic E-state index is -1.20. The van der Waals surface area contributed by atoms with Gasteiger partial charge in [-0.05, 0) is 51.0 Å². The Bertz CT molecular complexity index is 794. The lowest BCUT2D eigenvalue weighted by Gasteiger charge is -2.32. The Morgan fingerprint density at radius 1 is 1.00 bits per heavy atom. The summed E-state index contributed by atoms with van der Waals surface area (Å²) in [4.78, 5) is 38.4. The van der Waals surface area contributed by atoms with Crippen LogP contribution in [0.15, 0.2) is 35.4 Å². The summed E-state index contributed by atoms with van der Waals surface area (Å²) in [7, 11) is 0. The second kappa shape index (κ2) is 8.56. The first-order valence-electron chi connectivity index (χ1n) is 9.51. The normalized spacial score (nSPS) is 22.7. The van der Waals surface area contributed by atoms with Crippen molar-refractivity contribution in [3.05, 3.63) is 41.0 Å². The fourth-order valence-electron chi connectivity index (χ4n) is 3.70. The molecule has 0 radical (unpaired) electrons. The van der Waals surface area contributed by atoms with E-state index in [1.165, 1.54) is 0 Å². The van der Waals surface area contributed by atoms with Crippen LogP contribution in [0.25, 0.3) is 0 Å². The first-order valence-corrected chi connectivity index (χ1v) is 9.51. The average Bonchev–Trinajstić information content (AvgIpc) is 2.70. The summed E-state index contributed by atoms with van der Waals surface area (Å²) in [5.74, 6) is -3.09. The van der Waals surface area contributed by atoms with Crippen molar-refractivity contribution >= 4 is 23.5 Å². The molecule has 7 heteroatoms. The zero-order chi connectivity index (χ0) is 20.3. The van der Waals surface area contributed by atoms with Gasteiger partial charge in [0.2, 0.25) is 5.91 Å². The molecule has 0 unspecified atom stereocenters. The van der Waals surface area contributed by atoms with Gasteiger partial charge in [0.25, 0.3) is 5.91 Å². The van der Waals surface area contributed by atoms with Gasteiger partial charge in [-0.2, -0.15) is 0 Å². The van der Waals surface area contributed by atoms with Crippen molar-refractivity contribution in [2.75, 3.05) is 31.6 Å². The number of aliphatic carboxylic acids is 1. The van der Waals surface area contributed by atoms with E-state index in [4.69, 9.17) is 4.74 Å². The highest BCUT2D eigenvalue weighted by Crippen LogP contribution is 2.34. The zero-order valence-corrected chi connectivity index (χ0v) is 16.2. The van der Waals surface area contributed by atoms with Crippen molar-refractivity contribution in [2.45, 2.75) is 26.7 Å². The summed E-state index contributed by atoms with van der Waals surface area (Å²) in [5.41, 5.74) is 3.12. The summed E-state index contributed by atoms with van der Waals surface area (Å²) in [6.45, 7) is 6.02. The Kier molecular flexibility index (Phi) is 6.14. The lowest BCUT2D eigenvalue weighted by molar-refractivity contribution is -0.313. The molecule has 1 aliphatic heterocycles. The van der Waals surface area contributed by atoms with E-state index >= 15 is 0 Å². The number of nitrogens with zero attached hydrogens (tertiary/aromatic N) is 1. The molecule has 0 spiro atoms. The van der Waals surface area contributed by atoms with Crippen LogP contribution in [0, 0.1) is 11.8 Å². The maximum absolute atomic E-state index is 12.7. The molecule has 2 aliphatic rings. The third-order valence-electron chi connectivity index (χ3n) is 5.60. The third kappa shape index (κ3) is 4.42. The van der Waals surface area contributed by atoms with Crippen molar-refractivity contribution in [2.24, 2.45) is 11.8 Å². The molecule has 1 heterocycles. The number of allylic oxidation sites excluding steroid dienone is 2. The lowest BCUT2D eigenvalue weighted by atomic mass is 9.76. The van der Waals surface area contributed by atoms with Gasteiger partial charge < -0.3 is 24.9 Å². The van der Waals surface area contributed by atoms with Crippen LogP contribution in [0.5, 0.6) is 0 Å². The average molecular weight is 385 g/mol. The Morgan fingerprint density at radius 3 is 2.14 bits per heavy atom. The van der Waals surface area contributed by atoms with Gasteiger partial charge in [-0.25, -0.2) is 0 Å². The van der Waals surface area contributed by atoms with Crippen molar-refractivity contribution in [1.29, 1.82) is 0 Å². The first-order chi connectivity index (χ1) is 13.4. The van der Waals surface area contributed by atoms with Gasteiger partial charge in [-0.3, -0.25) is 9.59 Å². The first kappa shape index (κ1) is 20.1. The van der Waals surface area contributed by atoms with Gasteiger partial charge in [-0.15, -0.1) is 0 Å². The van der Waals surface area contributed by atoms with E-state index in [1.807, 2.05) is 13.8 Å². The standard InChI is InChI=1S/C21H26N2O5/c1-13-11-17(18(21(26)27)12-14(13)2)19(24)22-16-5-3-15(4-6-16)20(25)23-7-9-28-10-8-23/h3-6,17-18H,7-12H2,1-2H3,(H,22,24)(H,26,27)/p-1/t17-,18+/m1/s1. The topological polar surface area (TPSA) is 98.8 Å². The molecule has 28 heavy (non-hydrogen) atoms. The van der Waals surface area contributed by atoms with E-state index in [0.29, 0.717) is 50.4 Å². The predicted molar refractivity (Wildman–Crippen MR) is 101 cm³/mol. The molecular formula is C21H25N2O5-.